The van der Waals surface area contributed by atoms with Crippen molar-refractivity contribution in [2.24, 2.45) is 0 Å². The van der Waals surface area contributed by atoms with Crippen molar-refractivity contribution in [3.05, 3.63) is 0 Å². The number of carbonyl (C=O) groups is 1. The van der Waals surface area contributed by atoms with Gasteiger partial charge in [0.25, 0.3) is 0 Å². The van der Waals surface area contributed by atoms with E-state index >= 15 is 0 Å². The van der Waals surface area contributed by atoms with E-state index in [-0.39, 0.29) is 12.5 Å². The molecule has 2 fully saturated rings. The minimum atomic E-state index is -1.78. The van der Waals surface area contributed by atoms with E-state index in [9.17, 15) is 45.6 Å². The lowest BCUT2D eigenvalue weighted by molar-refractivity contribution is -0.359. The summed E-state index contributed by atoms with van der Waals surface area (Å²) in [7, 11) is 0. The van der Waals surface area contributed by atoms with Crippen molar-refractivity contribution in [3.8, 4) is 0 Å². The fourth-order valence-electron chi connectivity index (χ4n) is 8.30. The Hall–Kier alpha value is -1.01. The van der Waals surface area contributed by atoms with Crippen molar-refractivity contribution in [2.75, 3.05) is 19.8 Å². The Labute approximate surface area is 362 Å². The Bertz CT molecular complexity index is 1020. The van der Waals surface area contributed by atoms with Crippen molar-refractivity contribution in [1.29, 1.82) is 0 Å². The molecule has 356 valence electrons. The highest BCUT2D eigenvalue weighted by Crippen LogP contribution is 2.30. The smallest absolute Gasteiger partial charge is 0.220 e. The normalized spacial score (nSPS) is 28.2. The number of aliphatic hydroxyl groups excluding tert-OH is 8. The van der Waals surface area contributed by atoms with Crippen LogP contribution in [0.4, 0.5) is 0 Å². The summed E-state index contributed by atoms with van der Waals surface area (Å²) in [4.78, 5) is 13.1. The molecule has 2 rings (SSSR count). The molecular formula is C46H89NO13. The lowest BCUT2D eigenvalue weighted by Gasteiger charge is -2.46. The second-order valence-electron chi connectivity index (χ2n) is 17.6. The van der Waals surface area contributed by atoms with Crippen LogP contribution >= 0.6 is 0 Å². The zero-order chi connectivity index (χ0) is 44.0. The van der Waals surface area contributed by atoms with Crippen LogP contribution < -0.4 is 5.32 Å². The SMILES string of the molecule is CCCCCCCCCCCCCCCCCCCCCCC(=O)NC(COC1OC(CO)C(OC2OC(CO)C(O)C(O)C2O)C(O)C1O)C(O)CCCCCCCC. The summed E-state index contributed by atoms with van der Waals surface area (Å²) in [5.41, 5.74) is 0. The molecule has 0 bridgehead atoms. The number of unbranched alkanes of at least 4 members (excludes halogenated alkanes) is 24. The molecule has 0 spiro atoms. The van der Waals surface area contributed by atoms with E-state index in [1.807, 2.05) is 0 Å². The molecule has 12 unspecified atom stereocenters. The molecule has 1 amide bonds. The molecule has 0 saturated carbocycles. The standard InChI is InChI=1S/C46H89NO13/c1-3-5-7-9-11-12-13-14-15-16-17-18-19-20-21-22-23-24-26-28-30-38(51)47-34(35(50)29-27-25-10-8-6-4-2)33-57-45-43(56)41(54)44(37(32-49)59-45)60-46-42(55)40(53)39(52)36(31-48)58-46/h34-37,39-46,48-50,52-56H,3-33H2,1-2H3,(H,47,51). The van der Waals surface area contributed by atoms with Gasteiger partial charge in [-0.15, -0.1) is 0 Å². The van der Waals surface area contributed by atoms with Gasteiger partial charge in [-0.05, 0) is 12.8 Å². The van der Waals surface area contributed by atoms with Crippen molar-refractivity contribution < 1.29 is 64.6 Å². The van der Waals surface area contributed by atoms with Gasteiger partial charge in [0, 0.05) is 6.42 Å². The van der Waals surface area contributed by atoms with Crippen LogP contribution in [0.3, 0.4) is 0 Å². The second-order valence-corrected chi connectivity index (χ2v) is 17.6. The van der Waals surface area contributed by atoms with E-state index in [0.717, 1.165) is 64.2 Å². The van der Waals surface area contributed by atoms with E-state index in [4.69, 9.17) is 18.9 Å². The molecule has 14 heteroatoms. The third-order valence-electron chi connectivity index (χ3n) is 12.3. The van der Waals surface area contributed by atoms with Crippen LogP contribution in [0.15, 0.2) is 0 Å². The van der Waals surface area contributed by atoms with Gasteiger partial charge in [-0.3, -0.25) is 4.79 Å². The Balaban J connectivity index is 1.73. The van der Waals surface area contributed by atoms with Crippen molar-refractivity contribution in [2.45, 2.75) is 267 Å². The van der Waals surface area contributed by atoms with Gasteiger partial charge in [0.2, 0.25) is 5.91 Å². The number of aliphatic hydroxyl groups is 8. The Morgan fingerprint density at radius 3 is 1.42 bits per heavy atom. The number of rotatable bonds is 37. The highest BCUT2D eigenvalue weighted by molar-refractivity contribution is 5.76. The summed E-state index contributed by atoms with van der Waals surface area (Å²) in [6.45, 7) is 2.78. The third-order valence-corrected chi connectivity index (χ3v) is 12.3. The molecule has 14 nitrogen and oxygen atoms in total. The van der Waals surface area contributed by atoms with E-state index in [2.05, 4.69) is 19.2 Å². The van der Waals surface area contributed by atoms with Crippen LogP contribution in [0.5, 0.6) is 0 Å². The molecule has 0 aromatic carbocycles. The summed E-state index contributed by atoms with van der Waals surface area (Å²) < 4.78 is 22.6. The minimum Gasteiger partial charge on any atom is -0.394 e. The van der Waals surface area contributed by atoms with Crippen molar-refractivity contribution >= 4 is 5.91 Å². The molecule has 2 aliphatic rings. The van der Waals surface area contributed by atoms with Crippen molar-refractivity contribution in [1.82, 2.24) is 5.32 Å². The van der Waals surface area contributed by atoms with Gasteiger partial charge in [0.05, 0.1) is 32.0 Å². The third kappa shape index (κ3) is 22.1. The quantitative estimate of drug-likeness (QED) is 0.0356. The molecule has 60 heavy (non-hydrogen) atoms. The monoisotopic (exact) mass is 864 g/mol. The van der Waals surface area contributed by atoms with Crippen molar-refractivity contribution in [3.63, 3.8) is 0 Å². The van der Waals surface area contributed by atoms with Gasteiger partial charge < -0.3 is 65.1 Å². The predicted molar refractivity (Wildman–Crippen MR) is 231 cm³/mol. The second kappa shape index (κ2) is 34.4. The number of amides is 1. The van der Waals surface area contributed by atoms with Gasteiger partial charge in [-0.2, -0.15) is 0 Å². The molecule has 2 aliphatic heterocycles. The number of hydrogen-bond donors (Lipinski definition) is 9. The van der Waals surface area contributed by atoms with Crippen LogP contribution in [0.25, 0.3) is 0 Å². The predicted octanol–water partition coefficient (Wildman–Crippen LogP) is 5.44. The topological polar surface area (TPSA) is 228 Å². The Kier molecular flexibility index (Phi) is 31.6. The van der Waals surface area contributed by atoms with E-state index in [0.29, 0.717) is 12.8 Å². The first-order valence-corrected chi connectivity index (χ1v) is 24.3. The van der Waals surface area contributed by atoms with Gasteiger partial charge in [0.15, 0.2) is 12.6 Å². The number of carbonyl (C=O) groups excluding carboxylic acids is 1. The largest absolute Gasteiger partial charge is 0.394 e. The molecule has 0 radical (unpaired) electrons. The maximum atomic E-state index is 13.1. The molecule has 2 heterocycles. The van der Waals surface area contributed by atoms with Crippen LogP contribution in [0, 0.1) is 0 Å². The summed E-state index contributed by atoms with van der Waals surface area (Å²) in [6, 6.07) is -0.818. The molecule has 9 N–H and O–H groups in total. The molecule has 0 aromatic rings. The number of ether oxygens (including phenoxy) is 4. The summed E-state index contributed by atoms with van der Waals surface area (Å²) in [6.07, 6.45) is 15.9. The number of hydrogen-bond acceptors (Lipinski definition) is 13. The summed E-state index contributed by atoms with van der Waals surface area (Å²) in [5, 5.41) is 86.3. The molecule has 2 saturated heterocycles. The first kappa shape index (κ1) is 55.1. The lowest BCUT2D eigenvalue weighted by Crippen LogP contribution is -2.65. The molecule has 0 aliphatic carbocycles. The van der Waals surface area contributed by atoms with Gasteiger partial charge in [-0.1, -0.05) is 174 Å². The van der Waals surface area contributed by atoms with E-state index in [1.54, 1.807) is 0 Å². The van der Waals surface area contributed by atoms with Gasteiger partial charge >= 0.3 is 0 Å². The van der Waals surface area contributed by atoms with E-state index in [1.165, 1.54) is 103 Å². The molecule has 12 atom stereocenters. The van der Waals surface area contributed by atoms with E-state index < -0.39 is 86.8 Å². The fraction of sp³-hybridized carbons (Fsp3) is 0.978. The summed E-state index contributed by atoms with van der Waals surface area (Å²) in [5.74, 6) is -0.209. The average molecular weight is 864 g/mol. The first-order chi connectivity index (χ1) is 29.1. The lowest BCUT2D eigenvalue weighted by atomic mass is 9.97. The zero-order valence-corrected chi connectivity index (χ0v) is 37.5. The first-order valence-electron chi connectivity index (χ1n) is 24.3. The van der Waals surface area contributed by atoms with Crippen LogP contribution in [-0.4, -0.2) is 140 Å². The fourth-order valence-corrected chi connectivity index (χ4v) is 8.30. The minimum absolute atomic E-state index is 0.209. The van der Waals surface area contributed by atoms with Crippen LogP contribution in [0.2, 0.25) is 0 Å². The maximum absolute atomic E-state index is 13.1. The van der Waals surface area contributed by atoms with Crippen LogP contribution in [0.1, 0.15) is 194 Å². The Morgan fingerprint density at radius 1 is 0.533 bits per heavy atom. The van der Waals surface area contributed by atoms with Gasteiger partial charge in [0.1, 0.15) is 48.8 Å². The molecule has 0 aromatic heterocycles. The van der Waals surface area contributed by atoms with Gasteiger partial charge in [-0.25, -0.2) is 0 Å². The highest BCUT2D eigenvalue weighted by atomic mass is 16.7. The summed E-state index contributed by atoms with van der Waals surface area (Å²) >= 11 is 0. The zero-order valence-electron chi connectivity index (χ0n) is 37.5. The molecular weight excluding hydrogens is 775 g/mol. The maximum Gasteiger partial charge on any atom is 0.220 e. The average Bonchev–Trinajstić information content (AvgIpc) is 3.24. The highest BCUT2D eigenvalue weighted by Gasteiger charge is 2.51. The Morgan fingerprint density at radius 2 is 0.950 bits per heavy atom. The number of nitrogens with one attached hydrogen (secondary N) is 1. The van der Waals surface area contributed by atoms with Crippen LogP contribution in [-0.2, 0) is 23.7 Å².